The molecule has 0 atom stereocenters. The summed E-state index contributed by atoms with van der Waals surface area (Å²) in [6, 6.07) is 15.9. The minimum atomic E-state index is -0.625. The number of carbonyl (C=O) groups excluding carboxylic acids is 3. The zero-order valence-corrected chi connectivity index (χ0v) is 15.8. The van der Waals surface area contributed by atoms with Gasteiger partial charge in [0.15, 0.2) is 6.61 Å². The number of carbonyl (C=O) groups is 3. The zero-order valence-electron chi connectivity index (χ0n) is 15.0. The summed E-state index contributed by atoms with van der Waals surface area (Å²) in [5, 5.41) is 2.71. The molecular formula is C20H21NO5S. The maximum Gasteiger partial charge on any atom is 0.338 e. The lowest BCUT2D eigenvalue weighted by Gasteiger charge is -2.07. The topological polar surface area (TPSA) is 81.7 Å². The summed E-state index contributed by atoms with van der Waals surface area (Å²) < 4.78 is 9.55. The molecule has 2 rings (SSSR count). The maximum absolute atomic E-state index is 11.9. The molecule has 0 radical (unpaired) electrons. The minimum absolute atomic E-state index is 0.258. The molecule has 1 N–H and O–H groups in total. The van der Waals surface area contributed by atoms with Crippen LogP contribution in [-0.2, 0) is 20.0 Å². The Labute approximate surface area is 162 Å². The van der Waals surface area contributed by atoms with Gasteiger partial charge in [0.25, 0.3) is 5.91 Å². The molecule has 142 valence electrons. The number of hydrogen-bond acceptors (Lipinski definition) is 6. The van der Waals surface area contributed by atoms with E-state index in [0.29, 0.717) is 12.1 Å². The quantitative estimate of drug-likeness (QED) is 0.526. The first-order chi connectivity index (χ1) is 13.1. The summed E-state index contributed by atoms with van der Waals surface area (Å²) in [4.78, 5) is 35.0. The van der Waals surface area contributed by atoms with Gasteiger partial charge in [0.1, 0.15) is 0 Å². The molecule has 0 heterocycles. The molecule has 6 nitrogen and oxygen atoms in total. The van der Waals surface area contributed by atoms with E-state index in [9.17, 15) is 14.4 Å². The second kappa shape index (κ2) is 11.0. The monoisotopic (exact) mass is 387 g/mol. The average Bonchev–Trinajstić information content (AvgIpc) is 2.72. The van der Waals surface area contributed by atoms with E-state index < -0.39 is 11.9 Å². The largest absolute Gasteiger partial charge is 0.465 e. The first kappa shape index (κ1) is 20.5. The van der Waals surface area contributed by atoms with Crippen LogP contribution in [0, 0.1) is 0 Å². The molecule has 0 bridgehead atoms. The molecular weight excluding hydrogens is 366 g/mol. The summed E-state index contributed by atoms with van der Waals surface area (Å²) in [6.45, 7) is 0.155. The number of benzene rings is 2. The van der Waals surface area contributed by atoms with Gasteiger partial charge in [0, 0.05) is 18.1 Å². The molecule has 0 saturated heterocycles. The van der Waals surface area contributed by atoms with Crippen molar-refractivity contribution in [2.75, 3.05) is 26.0 Å². The molecule has 27 heavy (non-hydrogen) atoms. The van der Waals surface area contributed by atoms with E-state index in [1.54, 1.807) is 11.8 Å². The second-order valence-corrected chi connectivity index (χ2v) is 6.64. The molecule has 0 saturated carbocycles. The van der Waals surface area contributed by atoms with Gasteiger partial charge in [0.2, 0.25) is 0 Å². The van der Waals surface area contributed by atoms with E-state index in [1.807, 2.05) is 18.2 Å². The Balaban J connectivity index is 1.63. The van der Waals surface area contributed by atoms with Gasteiger partial charge in [-0.3, -0.25) is 4.79 Å². The Kier molecular flexibility index (Phi) is 8.38. The summed E-state index contributed by atoms with van der Waals surface area (Å²) in [7, 11) is 1.28. The van der Waals surface area contributed by atoms with Crippen molar-refractivity contribution in [3.8, 4) is 0 Å². The number of methoxy groups -OCH3 is 1. The van der Waals surface area contributed by atoms with E-state index in [-0.39, 0.29) is 18.1 Å². The van der Waals surface area contributed by atoms with Crippen molar-refractivity contribution in [3.63, 3.8) is 0 Å². The predicted octanol–water partition coefficient (Wildman–Crippen LogP) is 2.68. The Hall–Kier alpha value is -2.80. The van der Waals surface area contributed by atoms with Crippen molar-refractivity contribution in [2.24, 2.45) is 0 Å². The van der Waals surface area contributed by atoms with Crippen LogP contribution in [0.1, 0.15) is 26.3 Å². The molecule has 0 aromatic heterocycles. The maximum atomic E-state index is 11.9. The minimum Gasteiger partial charge on any atom is -0.465 e. The summed E-state index contributed by atoms with van der Waals surface area (Å²) in [5.41, 5.74) is 1.83. The Morgan fingerprint density at radius 1 is 0.926 bits per heavy atom. The lowest BCUT2D eigenvalue weighted by molar-refractivity contribution is -0.124. The number of thioether (sulfide) groups is 1. The third-order valence-corrected chi connectivity index (χ3v) is 4.59. The van der Waals surface area contributed by atoms with Crippen LogP contribution < -0.4 is 5.32 Å². The van der Waals surface area contributed by atoms with Gasteiger partial charge < -0.3 is 14.8 Å². The molecule has 2 aromatic carbocycles. The van der Waals surface area contributed by atoms with Crippen LogP contribution in [0.5, 0.6) is 0 Å². The molecule has 7 heteroatoms. The molecule has 0 spiro atoms. The van der Waals surface area contributed by atoms with Crippen molar-refractivity contribution in [1.29, 1.82) is 0 Å². The van der Waals surface area contributed by atoms with Crippen molar-refractivity contribution in [3.05, 3.63) is 71.3 Å². The molecule has 0 aliphatic carbocycles. The van der Waals surface area contributed by atoms with Crippen molar-refractivity contribution >= 4 is 29.6 Å². The predicted molar refractivity (Wildman–Crippen MR) is 104 cm³/mol. The fourth-order valence-corrected chi connectivity index (χ4v) is 2.97. The normalized spacial score (nSPS) is 10.1. The van der Waals surface area contributed by atoms with Crippen molar-refractivity contribution < 1.29 is 23.9 Å². The summed E-state index contributed by atoms with van der Waals surface area (Å²) in [6.07, 6.45) is 0. The van der Waals surface area contributed by atoms with Crippen LogP contribution in [0.2, 0.25) is 0 Å². The van der Waals surface area contributed by atoms with Crippen LogP contribution in [0.25, 0.3) is 0 Å². The Morgan fingerprint density at radius 2 is 1.56 bits per heavy atom. The van der Waals surface area contributed by atoms with E-state index in [4.69, 9.17) is 4.74 Å². The van der Waals surface area contributed by atoms with Gasteiger partial charge in [-0.25, -0.2) is 9.59 Å². The van der Waals surface area contributed by atoms with Crippen molar-refractivity contribution in [1.82, 2.24) is 5.32 Å². The number of amides is 1. The highest BCUT2D eigenvalue weighted by atomic mass is 32.2. The van der Waals surface area contributed by atoms with Gasteiger partial charge in [-0.15, -0.1) is 0 Å². The van der Waals surface area contributed by atoms with E-state index in [2.05, 4.69) is 22.2 Å². The van der Waals surface area contributed by atoms with Gasteiger partial charge in [-0.1, -0.05) is 30.3 Å². The molecule has 0 fully saturated rings. The molecule has 0 aliphatic rings. The van der Waals surface area contributed by atoms with Crippen LogP contribution in [0.4, 0.5) is 0 Å². The van der Waals surface area contributed by atoms with E-state index >= 15 is 0 Å². The molecule has 1 amide bonds. The van der Waals surface area contributed by atoms with Crippen LogP contribution in [0.15, 0.2) is 54.6 Å². The third-order valence-electron chi connectivity index (χ3n) is 3.56. The summed E-state index contributed by atoms with van der Waals surface area (Å²) in [5.74, 6) is 0.186. The molecule has 0 unspecified atom stereocenters. The van der Waals surface area contributed by atoms with Gasteiger partial charge in [0.05, 0.1) is 18.2 Å². The van der Waals surface area contributed by atoms with E-state index in [0.717, 1.165) is 11.5 Å². The number of rotatable bonds is 9. The molecule has 2 aromatic rings. The van der Waals surface area contributed by atoms with Crippen LogP contribution in [0.3, 0.4) is 0 Å². The first-order valence-corrected chi connectivity index (χ1v) is 9.49. The summed E-state index contributed by atoms with van der Waals surface area (Å²) >= 11 is 1.71. The van der Waals surface area contributed by atoms with E-state index in [1.165, 1.54) is 36.9 Å². The lowest BCUT2D eigenvalue weighted by atomic mass is 10.1. The zero-order chi connectivity index (χ0) is 19.5. The highest BCUT2D eigenvalue weighted by Crippen LogP contribution is 2.10. The van der Waals surface area contributed by atoms with Crippen LogP contribution >= 0.6 is 11.8 Å². The standard InChI is InChI=1S/C20H21NO5S/c1-25-19(23)16-7-9-17(10-8-16)20(24)26-13-18(22)21-11-12-27-14-15-5-3-2-4-6-15/h2-10H,11-14H2,1H3,(H,21,22). The fraction of sp³-hybridized carbons (Fsp3) is 0.250. The highest BCUT2D eigenvalue weighted by molar-refractivity contribution is 7.98. The first-order valence-electron chi connectivity index (χ1n) is 8.34. The van der Waals surface area contributed by atoms with Gasteiger partial charge in [-0.05, 0) is 29.8 Å². The van der Waals surface area contributed by atoms with Gasteiger partial charge >= 0.3 is 11.9 Å². The number of hydrogen-bond donors (Lipinski definition) is 1. The fourth-order valence-electron chi connectivity index (χ4n) is 2.15. The molecule has 0 aliphatic heterocycles. The second-order valence-electron chi connectivity index (χ2n) is 5.53. The third kappa shape index (κ3) is 7.15. The Morgan fingerprint density at radius 3 is 2.19 bits per heavy atom. The highest BCUT2D eigenvalue weighted by Gasteiger charge is 2.11. The smallest absolute Gasteiger partial charge is 0.338 e. The van der Waals surface area contributed by atoms with Crippen molar-refractivity contribution in [2.45, 2.75) is 5.75 Å². The SMILES string of the molecule is COC(=O)c1ccc(C(=O)OCC(=O)NCCSCc2ccccc2)cc1. The van der Waals surface area contributed by atoms with Crippen LogP contribution in [-0.4, -0.2) is 43.9 Å². The lowest BCUT2D eigenvalue weighted by Crippen LogP contribution is -2.30. The van der Waals surface area contributed by atoms with Gasteiger partial charge in [-0.2, -0.15) is 11.8 Å². The number of ether oxygens (including phenoxy) is 2. The average molecular weight is 387 g/mol. The Bertz CT molecular complexity index is 762. The number of nitrogens with one attached hydrogen (secondary N) is 1. The number of esters is 2.